The molecule has 0 bridgehead atoms. The van der Waals surface area contributed by atoms with Gasteiger partial charge in [0, 0.05) is 31.7 Å². The summed E-state index contributed by atoms with van der Waals surface area (Å²) >= 11 is 0. The number of carbonyl (C=O) groups is 1. The first-order valence-electron chi connectivity index (χ1n) is 6.31. The van der Waals surface area contributed by atoms with Crippen LogP contribution in [0, 0.1) is 5.92 Å². The van der Waals surface area contributed by atoms with Crippen LogP contribution in [0.5, 0.6) is 0 Å². The number of hydrogen-bond acceptors (Lipinski definition) is 3. The van der Waals surface area contributed by atoms with Crippen molar-refractivity contribution in [3.05, 3.63) is 0 Å². The smallest absolute Gasteiger partial charge is 0.221 e. The summed E-state index contributed by atoms with van der Waals surface area (Å²) in [6, 6.07) is 0. The third kappa shape index (κ3) is 3.19. The minimum atomic E-state index is -0.194. The highest BCUT2D eigenvalue weighted by atomic mass is 16.5. The van der Waals surface area contributed by atoms with Gasteiger partial charge >= 0.3 is 0 Å². The molecule has 1 saturated heterocycles. The molecule has 3 N–H and O–H groups in total. The van der Waals surface area contributed by atoms with Gasteiger partial charge in [0.2, 0.25) is 5.91 Å². The van der Waals surface area contributed by atoms with E-state index in [-0.39, 0.29) is 11.4 Å². The van der Waals surface area contributed by atoms with Gasteiger partial charge < -0.3 is 15.8 Å². The Labute approximate surface area is 96.9 Å². The van der Waals surface area contributed by atoms with E-state index in [2.05, 4.69) is 5.32 Å². The van der Waals surface area contributed by atoms with Gasteiger partial charge in [-0.2, -0.15) is 0 Å². The van der Waals surface area contributed by atoms with E-state index < -0.39 is 0 Å². The maximum absolute atomic E-state index is 11.6. The van der Waals surface area contributed by atoms with Crippen molar-refractivity contribution in [3.8, 4) is 0 Å². The van der Waals surface area contributed by atoms with Gasteiger partial charge in [-0.25, -0.2) is 0 Å². The Hall–Kier alpha value is -0.610. The predicted octanol–water partition coefficient (Wildman–Crippen LogP) is 0.801. The Morgan fingerprint density at radius 2 is 2.31 bits per heavy atom. The zero-order valence-corrected chi connectivity index (χ0v) is 9.84. The third-order valence-corrected chi connectivity index (χ3v) is 3.76. The topological polar surface area (TPSA) is 64.4 Å². The monoisotopic (exact) mass is 226 g/mol. The van der Waals surface area contributed by atoms with Crippen molar-refractivity contribution in [1.82, 2.24) is 5.32 Å². The van der Waals surface area contributed by atoms with Crippen molar-refractivity contribution in [1.29, 1.82) is 0 Å². The van der Waals surface area contributed by atoms with E-state index in [0.717, 1.165) is 45.4 Å². The fourth-order valence-electron chi connectivity index (χ4n) is 2.42. The lowest BCUT2D eigenvalue weighted by Gasteiger charge is -2.37. The zero-order valence-electron chi connectivity index (χ0n) is 9.84. The van der Waals surface area contributed by atoms with Gasteiger partial charge in [-0.1, -0.05) is 0 Å². The first-order valence-corrected chi connectivity index (χ1v) is 6.31. The number of rotatable bonds is 5. The minimum absolute atomic E-state index is 0.112. The molecule has 0 aromatic heterocycles. The van der Waals surface area contributed by atoms with E-state index in [9.17, 15) is 4.79 Å². The quantitative estimate of drug-likeness (QED) is 0.729. The summed E-state index contributed by atoms with van der Waals surface area (Å²) in [5.41, 5.74) is 5.82. The van der Waals surface area contributed by atoms with Gasteiger partial charge in [0.25, 0.3) is 0 Å². The lowest BCUT2D eigenvalue weighted by molar-refractivity contribution is -0.123. The molecule has 1 aliphatic heterocycles. The lowest BCUT2D eigenvalue weighted by Crippen LogP contribution is -2.50. The molecular formula is C12H22N2O2. The summed E-state index contributed by atoms with van der Waals surface area (Å²) in [4.78, 5) is 11.6. The van der Waals surface area contributed by atoms with Crippen LogP contribution in [0.25, 0.3) is 0 Å². The SMILES string of the molecule is NC1(CC(=O)NCCC2CCOC2)CCC1. The van der Waals surface area contributed by atoms with E-state index >= 15 is 0 Å². The Balaban J connectivity index is 1.56. The van der Waals surface area contributed by atoms with Crippen LogP contribution >= 0.6 is 0 Å². The molecule has 1 atom stereocenters. The molecule has 2 aliphatic rings. The van der Waals surface area contributed by atoms with Crippen LogP contribution in [0.15, 0.2) is 0 Å². The van der Waals surface area contributed by atoms with Gasteiger partial charge in [0.1, 0.15) is 0 Å². The fraction of sp³-hybridized carbons (Fsp3) is 0.917. The van der Waals surface area contributed by atoms with E-state index in [1.54, 1.807) is 0 Å². The molecule has 2 fully saturated rings. The van der Waals surface area contributed by atoms with Crippen molar-refractivity contribution < 1.29 is 9.53 Å². The van der Waals surface area contributed by atoms with Gasteiger partial charge in [-0.15, -0.1) is 0 Å². The second kappa shape index (κ2) is 5.15. The van der Waals surface area contributed by atoms with Gasteiger partial charge in [0.15, 0.2) is 0 Å². The van der Waals surface area contributed by atoms with Crippen molar-refractivity contribution in [2.24, 2.45) is 11.7 Å². The zero-order chi connectivity index (χ0) is 11.4. The van der Waals surface area contributed by atoms with Crippen LogP contribution in [0.4, 0.5) is 0 Å². The molecule has 0 radical (unpaired) electrons. The van der Waals surface area contributed by atoms with Gasteiger partial charge in [-0.3, -0.25) is 4.79 Å². The number of nitrogens with one attached hydrogen (secondary N) is 1. The molecule has 1 unspecified atom stereocenters. The van der Waals surface area contributed by atoms with Crippen molar-refractivity contribution in [2.45, 2.75) is 44.1 Å². The highest BCUT2D eigenvalue weighted by molar-refractivity contribution is 5.77. The second-order valence-electron chi connectivity index (χ2n) is 5.26. The molecule has 16 heavy (non-hydrogen) atoms. The van der Waals surface area contributed by atoms with Gasteiger partial charge in [0.05, 0.1) is 0 Å². The second-order valence-corrected chi connectivity index (χ2v) is 5.26. The molecule has 4 heteroatoms. The molecule has 92 valence electrons. The van der Waals surface area contributed by atoms with E-state index in [0.29, 0.717) is 12.3 Å². The van der Waals surface area contributed by atoms with Gasteiger partial charge in [-0.05, 0) is 38.0 Å². The van der Waals surface area contributed by atoms with Crippen LogP contribution in [0.2, 0.25) is 0 Å². The summed E-state index contributed by atoms with van der Waals surface area (Å²) in [6.07, 6.45) is 5.82. The van der Waals surface area contributed by atoms with Crippen molar-refractivity contribution >= 4 is 5.91 Å². The van der Waals surface area contributed by atoms with Crippen LogP contribution in [0.3, 0.4) is 0 Å². The maximum atomic E-state index is 11.6. The lowest BCUT2D eigenvalue weighted by atomic mass is 9.75. The Morgan fingerprint density at radius 3 is 2.88 bits per heavy atom. The minimum Gasteiger partial charge on any atom is -0.381 e. The molecular weight excluding hydrogens is 204 g/mol. The van der Waals surface area contributed by atoms with E-state index in [1.165, 1.54) is 6.42 Å². The normalized spacial score (nSPS) is 27.4. The van der Waals surface area contributed by atoms with E-state index in [4.69, 9.17) is 10.5 Å². The molecule has 1 heterocycles. The Bertz CT molecular complexity index is 245. The molecule has 0 aromatic rings. The fourth-order valence-corrected chi connectivity index (χ4v) is 2.42. The molecule has 1 amide bonds. The molecule has 1 aliphatic carbocycles. The van der Waals surface area contributed by atoms with Crippen LogP contribution in [0.1, 0.15) is 38.5 Å². The summed E-state index contributed by atoms with van der Waals surface area (Å²) in [5.74, 6) is 0.747. The average molecular weight is 226 g/mol. The highest BCUT2D eigenvalue weighted by Gasteiger charge is 2.34. The van der Waals surface area contributed by atoms with Crippen molar-refractivity contribution in [3.63, 3.8) is 0 Å². The number of carbonyl (C=O) groups excluding carboxylic acids is 1. The standard InChI is InChI=1S/C12H22N2O2/c13-12(4-1-5-12)8-11(15)14-6-2-10-3-7-16-9-10/h10H,1-9,13H2,(H,14,15). The highest BCUT2D eigenvalue weighted by Crippen LogP contribution is 2.31. The molecule has 1 saturated carbocycles. The molecule has 2 rings (SSSR count). The number of hydrogen-bond donors (Lipinski definition) is 2. The Kier molecular flexibility index (Phi) is 3.82. The number of nitrogens with two attached hydrogens (primary N) is 1. The van der Waals surface area contributed by atoms with Crippen LogP contribution in [-0.2, 0) is 9.53 Å². The summed E-state index contributed by atoms with van der Waals surface area (Å²) < 4.78 is 5.29. The number of ether oxygens (including phenoxy) is 1. The molecule has 0 spiro atoms. The van der Waals surface area contributed by atoms with Crippen molar-refractivity contribution in [2.75, 3.05) is 19.8 Å². The molecule has 4 nitrogen and oxygen atoms in total. The summed E-state index contributed by atoms with van der Waals surface area (Å²) in [6.45, 7) is 2.50. The third-order valence-electron chi connectivity index (χ3n) is 3.76. The number of amides is 1. The first kappa shape index (κ1) is 11.9. The first-order chi connectivity index (χ1) is 7.68. The summed E-state index contributed by atoms with van der Waals surface area (Å²) in [5, 5.41) is 2.96. The predicted molar refractivity (Wildman–Crippen MR) is 61.9 cm³/mol. The van der Waals surface area contributed by atoms with E-state index in [1.807, 2.05) is 0 Å². The molecule has 0 aromatic carbocycles. The average Bonchev–Trinajstić information content (AvgIpc) is 2.68. The largest absolute Gasteiger partial charge is 0.381 e. The van der Waals surface area contributed by atoms with Crippen LogP contribution < -0.4 is 11.1 Å². The Morgan fingerprint density at radius 1 is 1.50 bits per heavy atom. The summed E-state index contributed by atoms with van der Waals surface area (Å²) in [7, 11) is 0. The van der Waals surface area contributed by atoms with Crippen LogP contribution in [-0.4, -0.2) is 31.2 Å². The maximum Gasteiger partial charge on any atom is 0.221 e.